The van der Waals surface area contributed by atoms with Crippen LogP contribution in [0.15, 0.2) is 18.6 Å². The molecule has 0 aliphatic rings. The molecule has 1 amide bonds. The second kappa shape index (κ2) is 3.89. The number of anilines is 1. The molecule has 88 valence electrons. The summed E-state index contributed by atoms with van der Waals surface area (Å²) in [5.41, 5.74) is 13.4. The van der Waals surface area contributed by atoms with Gasteiger partial charge in [0.05, 0.1) is 23.1 Å². The summed E-state index contributed by atoms with van der Waals surface area (Å²) in [4.78, 5) is 19.7. The maximum atomic E-state index is 11.4. The van der Waals surface area contributed by atoms with Gasteiger partial charge in [0.1, 0.15) is 6.33 Å². The summed E-state index contributed by atoms with van der Waals surface area (Å²) in [5.74, 6) is -0.115. The van der Waals surface area contributed by atoms with Crippen LogP contribution in [0.5, 0.6) is 0 Å². The van der Waals surface area contributed by atoms with Crippen molar-refractivity contribution in [2.24, 2.45) is 5.73 Å². The van der Waals surface area contributed by atoms with Crippen molar-refractivity contribution in [2.45, 2.75) is 13.8 Å². The van der Waals surface area contributed by atoms with Gasteiger partial charge < -0.3 is 11.5 Å². The van der Waals surface area contributed by atoms with Gasteiger partial charge in [-0.1, -0.05) is 0 Å². The molecule has 0 aliphatic heterocycles. The van der Waals surface area contributed by atoms with Gasteiger partial charge >= 0.3 is 0 Å². The van der Waals surface area contributed by atoms with Gasteiger partial charge in [0.15, 0.2) is 5.82 Å². The van der Waals surface area contributed by atoms with E-state index < -0.39 is 5.91 Å². The highest BCUT2D eigenvalue weighted by molar-refractivity contribution is 5.96. The predicted octanol–water partition coefficient (Wildman–Crippen LogP) is 0.565. The zero-order chi connectivity index (χ0) is 12.6. The molecular formula is C11H13N5O. The van der Waals surface area contributed by atoms with E-state index in [0.717, 1.165) is 11.4 Å². The van der Waals surface area contributed by atoms with Crippen LogP contribution >= 0.6 is 0 Å². The molecule has 0 saturated carbocycles. The minimum Gasteiger partial charge on any atom is -0.397 e. The van der Waals surface area contributed by atoms with Crippen LogP contribution in [0, 0.1) is 13.8 Å². The largest absolute Gasteiger partial charge is 0.397 e. The second-order valence-electron chi connectivity index (χ2n) is 3.79. The molecule has 4 N–H and O–H groups in total. The number of rotatable bonds is 2. The van der Waals surface area contributed by atoms with E-state index in [9.17, 15) is 4.79 Å². The van der Waals surface area contributed by atoms with Crippen LogP contribution in [0.3, 0.4) is 0 Å². The maximum absolute atomic E-state index is 11.4. The minimum atomic E-state index is -0.564. The molecule has 6 nitrogen and oxygen atoms in total. The highest BCUT2D eigenvalue weighted by Gasteiger charge is 2.14. The van der Waals surface area contributed by atoms with Crippen LogP contribution < -0.4 is 11.5 Å². The highest BCUT2D eigenvalue weighted by Crippen LogP contribution is 2.17. The molecule has 2 rings (SSSR count). The molecule has 0 atom stereocenters. The molecule has 2 aromatic rings. The van der Waals surface area contributed by atoms with Crippen LogP contribution in [0.1, 0.15) is 21.7 Å². The SMILES string of the molecule is Cc1ncn(-c2ncc(N)cc2C(N)=O)c1C. The Hall–Kier alpha value is -2.37. The van der Waals surface area contributed by atoms with Crippen molar-refractivity contribution >= 4 is 11.6 Å². The standard InChI is InChI=1S/C11H13N5O/c1-6-7(2)16(5-15-6)11-9(10(13)17)3-8(12)4-14-11/h3-5H,12H2,1-2H3,(H2,13,17). The van der Waals surface area contributed by atoms with Gasteiger partial charge in [0.25, 0.3) is 5.91 Å². The van der Waals surface area contributed by atoms with E-state index in [0.29, 0.717) is 11.5 Å². The Kier molecular flexibility index (Phi) is 2.55. The van der Waals surface area contributed by atoms with Crippen LogP contribution in [0.4, 0.5) is 5.69 Å². The van der Waals surface area contributed by atoms with Crippen molar-refractivity contribution in [1.29, 1.82) is 0 Å². The number of nitrogens with zero attached hydrogens (tertiary/aromatic N) is 3. The lowest BCUT2D eigenvalue weighted by Crippen LogP contribution is -2.16. The molecule has 0 aromatic carbocycles. The van der Waals surface area contributed by atoms with E-state index in [-0.39, 0.29) is 5.56 Å². The smallest absolute Gasteiger partial charge is 0.252 e. The van der Waals surface area contributed by atoms with Crippen LogP contribution in [0.25, 0.3) is 5.82 Å². The zero-order valence-electron chi connectivity index (χ0n) is 9.64. The Balaban J connectivity index is 2.67. The van der Waals surface area contributed by atoms with Crippen LogP contribution in [-0.2, 0) is 0 Å². The van der Waals surface area contributed by atoms with E-state index in [4.69, 9.17) is 11.5 Å². The molecule has 17 heavy (non-hydrogen) atoms. The summed E-state index contributed by atoms with van der Waals surface area (Å²) >= 11 is 0. The Bertz CT molecular complexity index is 588. The van der Waals surface area contributed by atoms with Gasteiger partial charge in [-0.3, -0.25) is 9.36 Å². The normalized spacial score (nSPS) is 10.5. The first-order valence-electron chi connectivity index (χ1n) is 5.07. The average molecular weight is 231 g/mol. The molecule has 0 fully saturated rings. The number of pyridine rings is 1. The minimum absolute atomic E-state index is 0.283. The molecule has 2 heterocycles. The summed E-state index contributed by atoms with van der Waals surface area (Å²) < 4.78 is 1.72. The van der Waals surface area contributed by atoms with E-state index in [1.165, 1.54) is 12.3 Å². The molecule has 0 spiro atoms. The number of amides is 1. The highest BCUT2D eigenvalue weighted by atomic mass is 16.1. The van der Waals surface area contributed by atoms with Crippen LogP contribution in [-0.4, -0.2) is 20.4 Å². The maximum Gasteiger partial charge on any atom is 0.252 e. The first-order chi connectivity index (χ1) is 8.00. The van der Waals surface area contributed by atoms with Gasteiger partial charge in [0, 0.05) is 5.69 Å². The summed E-state index contributed by atoms with van der Waals surface area (Å²) in [6.07, 6.45) is 3.09. The number of hydrogen-bond donors (Lipinski definition) is 2. The molecule has 6 heteroatoms. The van der Waals surface area contributed by atoms with Gasteiger partial charge in [0.2, 0.25) is 0 Å². The fourth-order valence-electron chi connectivity index (χ4n) is 1.56. The van der Waals surface area contributed by atoms with Crippen molar-refractivity contribution in [3.8, 4) is 5.82 Å². The topological polar surface area (TPSA) is 99.8 Å². The predicted molar refractivity (Wildman–Crippen MR) is 63.8 cm³/mol. The number of aromatic nitrogens is 3. The number of aryl methyl sites for hydroxylation is 1. The second-order valence-corrected chi connectivity index (χ2v) is 3.79. The first kappa shape index (κ1) is 11.1. The summed E-state index contributed by atoms with van der Waals surface area (Å²) in [7, 11) is 0. The fourth-order valence-corrected chi connectivity index (χ4v) is 1.56. The number of primary amides is 1. The number of nitrogen functional groups attached to an aromatic ring is 1. The van der Waals surface area contributed by atoms with Crippen molar-refractivity contribution < 1.29 is 4.79 Å². The van der Waals surface area contributed by atoms with Gasteiger partial charge in [-0.2, -0.15) is 0 Å². The first-order valence-corrected chi connectivity index (χ1v) is 5.07. The average Bonchev–Trinajstić information content (AvgIpc) is 2.60. The number of carbonyl (C=O) groups is 1. The lowest BCUT2D eigenvalue weighted by molar-refractivity contribution is 0.1000. The Labute approximate surface area is 98.3 Å². The quantitative estimate of drug-likeness (QED) is 0.788. The van der Waals surface area contributed by atoms with E-state index >= 15 is 0 Å². The van der Waals surface area contributed by atoms with Crippen molar-refractivity contribution in [3.05, 3.63) is 35.5 Å². The third kappa shape index (κ3) is 1.84. The number of carbonyl (C=O) groups excluding carboxylic acids is 1. The molecule has 2 aromatic heterocycles. The van der Waals surface area contributed by atoms with Crippen molar-refractivity contribution in [2.75, 3.05) is 5.73 Å². The molecule has 0 unspecified atom stereocenters. The van der Waals surface area contributed by atoms with Gasteiger partial charge in [-0.25, -0.2) is 9.97 Å². The fraction of sp³-hybridized carbons (Fsp3) is 0.182. The third-order valence-corrected chi connectivity index (χ3v) is 2.63. The lowest BCUT2D eigenvalue weighted by Gasteiger charge is -2.09. The number of imidazole rings is 1. The van der Waals surface area contributed by atoms with E-state index in [2.05, 4.69) is 9.97 Å². The van der Waals surface area contributed by atoms with Crippen LogP contribution in [0.2, 0.25) is 0 Å². The Morgan fingerprint density at radius 1 is 1.35 bits per heavy atom. The molecule has 0 saturated heterocycles. The summed E-state index contributed by atoms with van der Waals surface area (Å²) in [6, 6.07) is 1.51. The monoisotopic (exact) mass is 231 g/mol. The summed E-state index contributed by atoms with van der Waals surface area (Å²) in [6.45, 7) is 3.78. The number of hydrogen-bond acceptors (Lipinski definition) is 4. The molecular weight excluding hydrogens is 218 g/mol. The lowest BCUT2D eigenvalue weighted by atomic mass is 10.2. The zero-order valence-corrected chi connectivity index (χ0v) is 9.64. The molecule has 0 bridgehead atoms. The number of nitrogens with two attached hydrogens (primary N) is 2. The van der Waals surface area contributed by atoms with E-state index in [1.54, 1.807) is 10.9 Å². The van der Waals surface area contributed by atoms with Crippen molar-refractivity contribution in [1.82, 2.24) is 14.5 Å². The third-order valence-electron chi connectivity index (χ3n) is 2.63. The Morgan fingerprint density at radius 3 is 2.59 bits per heavy atom. The van der Waals surface area contributed by atoms with E-state index in [1.807, 2.05) is 13.8 Å². The summed E-state index contributed by atoms with van der Waals surface area (Å²) in [5, 5.41) is 0. The van der Waals surface area contributed by atoms with Gasteiger partial charge in [-0.15, -0.1) is 0 Å². The Morgan fingerprint density at radius 2 is 2.06 bits per heavy atom. The molecule has 0 aliphatic carbocycles. The van der Waals surface area contributed by atoms with Gasteiger partial charge in [-0.05, 0) is 19.9 Å². The van der Waals surface area contributed by atoms with Crippen molar-refractivity contribution in [3.63, 3.8) is 0 Å². The molecule has 0 radical (unpaired) electrons.